The van der Waals surface area contributed by atoms with Crippen LogP contribution in [0.1, 0.15) is 12.5 Å². The van der Waals surface area contributed by atoms with Gasteiger partial charge in [-0.2, -0.15) is 4.31 Å². The van der Waals surface area contributed by atoms with Gasteiger partial charge in [0.25, 0.3) is 0 Å². The molecule has 1 atom stereocenters. The van der Waals surface area contributed by atoms with Crippen LogP contribution in [0.2, 0.25) is 0 Å². The predicted molar refractivity (Wildman–Crippen MR) is 79.6 cm³/mol. The molecule has 0 radical (unpaired) electrons. The van der Waals surface area contributed by atoms with E-state index in [9.17, 15) is 8.42 Å². The second kappa shape index (κ2) is 6.21. The van der Waals surface area contributed by atoms with Crippen molar-refractivity contribution >= 4 is 31.6 Å². The summed E-state index contributed by atoms with van der Waals surface area (Å²) < 4.78 is 32.1. The van der Waals surface area contributed by atoms with Crippen molar-refractivity contribution < 1.29 is 13.2 Å². The lowest BCUT2D eigenvalue weighted by Crippen LogP contribution is -2.38. The first kappa shape index (κ1) is 16.4. The fraction of sp³-hybridized carbons (Fsp3) is 0.500. The van der Waals surface area contributed by atoms with E-state index in [-0.39, 0.29) is 10.9 Å². The maximum Gasteiger partial charge on any atom is 0.243 e. The minimum absolute atomic E-state index is 0.213. The third-order valence-electron chi connectivity index (χ3n) is 3.05. The van der Waals surface area contributed by atoms with E-state index in [1.54, 1.807) is 33.1 Å². The summed E-state index contributed by atoms with van der Waals surface area (Å²) in [5.74, 6) is 0. The summed E-state index contributed by atoms with van der Waals surface area (Å²) in [7, 11) is -0.515. The smallest absolute Gasteiger partial charge is 0.243 e. The van der Waals surface area contributed by atoms with Gasteiger partial charge in [0, 0.05) is 30.4 Å². The minimum atomic E-state index is -3.59. The van der Waals surface area contributed by atoms with Crippen LogP contribution in [0.5, 0.6) is 0 Å². The number of sulfonamides is 1. The molecule has 7 heteroatoms. The van der Waals surface area contributed by atoms with Crippen molar-refractivity contribution in [1.82, 2.24) is 4.31 Å². The molecule has 0 aliphatic heterocycles. The zero-order chi connectivity index (χ0) is 14.8. The number of nitrogens with two attached hydrogens (primary N) is 1. The van der Waals surface area contributed by atoms with Crippen LogP contribution >= 0.6 is 15.9 Å². The molecule has 1 aromatic carbocycles. The highest BCUT2D eigenvalue weighted by atomic mass is 79.9. The molecule has 108 valence electrons. The molecule has 0 fully saturated rings. The Kier molecular flexibility index (Phi) is 5.37. The number of halogens is 1. The average Bonchev–Trinajstić information content (AvgIpc) is 2.32. The molecule has 19 heavy (non-hydrogen) atoms. The lowest BCUT2D eigenvalue weighted by Gasteiger charge is -2.25. The zero-order valence-corrected chi connectivity index (χ0v) is 13.9. The Balaban J connectivity index is 3.28. The third kappa shape index (κ3) is 3.47. The van der Waals surface area contributed by atoms with E-state index in [4.69, 9.17) is 10.5 Å². The molecule has 0 aliphatic rings. The van der Waals surface area contributed by atoms with Crippen LogP contribution in [0.25, 0.3) is 0 Å². The van der Waals surface area contributed by atoms with Crippen LogP contribution in [-0.4, -0.2) is 39.5 Å². The number of rotatable bonds is 5. The average molecular weight is 351 g/mol. The summed E-state index contributed by atoms with van der Waals surface area (Å²) in [5.41, 5.74) is 6.82. The van der Waals surface area contributed by atoms with E-state index < -0.39 is 10.0 Å². The van der Waals surface area contributed by atoms with Gasteiger partial charge in [-0.05, 0) is 31.5 Å². The highest BCUT2D eigenvalue weighted by Gasteiger charge is 2.27. The van der Waals surface area contributed by atoms with Gasteiger partial charge in [-0.1, -0.05) is 15.9 Å². The molecule has 1 aromatic rings. The predicted octanol–water partition coefficient (Wildman–Crippen LogP) is 2.00. The van der Waals surface area contributed by atoms with E-state index in [0.29, 0.717) is 22.3 Å². The largest absolute Gasteiger partial charge is 0.398 e. The Morgan fingerprint density at radius 3 is 2.58 bits per heavy atom. The maximum absolute atomic E-state index is 12.6. The van der Waals surface area contributed by atoms with Gasteiger partial charge in [0.05, 0.1) is 11.5 Å². The zero-order valence-electron chi connectivity index (χ0n) is 11.5. The summed E-state index contributed by atoms with van der Waals surface area (Å²) in [6, 6.07) is 3.00. The number of hydrogen-bond donors (Lipinski definition) is 1. The van der Waals surface area contributed by atoms with Gasteiger partial charge >= 0.3 is 0 Å². The first-order valence-electron chi connectivity index (χ1n) is 5.74. The highest BCUT2D eigenvalue weighted by molar-refractivity contribution is 9.10. The van der Waals surface area contributed by atoms with Crippen LogP contribution in [0.4, 0.5) is 5.69 Å². The van der Waals surface area contributed by atoms with Crippen LogP contribution in [0.15, 0.2) is 21.5 Å². The number of nitrogen functional groups attached to an aromatic ring is 1. The van der Waals surface area contributed by atoms with Crippen molar-refractivity contribution in [2.75, 3.05) is 26.5 Å². The molecule has 5 nitrogen and oxygen atoms in total. The number of benzene rings is 1. The number of likely N-dealkylation sites (N-methyl/N-ethyl adjacent to an activating group) is 1. The lowest BCUT2D eigenvalue weighted by atomic mass is 10.2. The molecule has 2 N–H and O–H groups in total. The molecule has 1 unspecified atom stereocenters. The van der Waals surface area contributed by atoms with Crippen molar-refractivity contribution in [1.29, 1.82) is 0 Å². The van der Waals surface area contributed by atoms with E-state index in [0.717, 1.165) is 0 Å². The molecule has 1 rings (SSSR count). The molecule has 0 saturated carbocycles. The lowest BCUT2D eigenvalue weighted by molar-refractivity contribution is 0.149. The minimum Gasteiger partial charge on any atom is -0.398 e. The number of anilines is 1. The normalized spacial score (nSPS) is 13.8. The van der Waals surface area contributed by atoms with E-state index in [2.05, 4.69) is 15.9 Å². The second-order valence-corrected chi connectivity index (χ2v) is 7.33. The first-order chi connectivity index (χ1) is 8.71. The molecule has 0 aromatic heterocycles. The van der Waals surface area contributed by atoms with E-state index in [1.165, 1.54) is 11.4 Å². The van der Waals surface area contributed by atoms with Gasteiger partial charge in [-0.15, -0.1) is 0 Å². The first-order valence-corrected chi connectivity index (χ1v) is 7.97. The summed E-state index contributed by atoms with van der Waals surface area (Å²) in [4.78, 5) is 0.213. The summed E-state index contributed by atoms with van der Waals surface area (Å²) in [5, 5.41) is 0. The van der Waals surface area contributed by atoms with Gasteiger partial charge in [0.15, 0.2) is 0 Å². The standard InChI is InChI=1S/C12H19BrN2O3S/c1-8(7-18-4)15(3)19(16,17)12-6-10(13)5-11(14)9(12)2/h5-6,8H,7,14H2,1-4H3. The van der Waals surface area contributed by atoms with Gasteiger partial charge < -0.3 is 10.5 Å². The molecule has 0 amide bonds. The Morgan fingerprint density at radius 1 is 1.47 bits per heavy atom. The molecule has 0 saturated heterocycles. The van der Waals surface area contributed by atoms with Gasteiger partial charge in [0.2, 0.25) is 10.0 Å². The van der Waals surface area contributed by atoms with E-state index in [1.807, 2.05) is 0 Å². The van der Waals surface area contributed by atoms with Gasteiger partial charge in [-0.3, -0.25) is 0 Å². The Hall–Kier alpha value is -0.630. The van der Waals surface area contributed by atoms with Crippen LogP contribution in [-0.2, 0) is 14.8 Å². The molecular formula is C12H19BrN2O3S. The Labute approximate surface area is 122 Å². The van der Waals surface area contributed by atoms with Crippen LogP contribution < -0.4 is 5.73 Å². The van der Waals surface area contributed by atoms with Crippen LogP contribution in [0.3, 0.4) is 0 Å². The summed E-state index contributed by atoms with van der Waals surface area (Å²) in [6.07, 6.45) is 0. The number of methoxy groups -OCH3 is 1. The SMILES string of the molecule is COCC(C)N(C)S(=O)(=O)c1cc(Br)cc(N)c1C. The fourth-order valence-corrected chi connectivity index (χ4v) is 3.93. The van der Waals surface area contributed by atoms with Gasteiger partial charge in [0.1, 0.15) is 0 Å². The fourth-order valence-electron chi connectivity index (χ4n) is 1.68. The van der Waals surface area contributed by atoms with Crippen molar-refractivity contribution in [2.24, 2.45) is 0 Å². The van der Waals surface area contributed by atoms with E-state index >= 15 is 0 Å². The molecule has 0 bridgehead atoms. The quantitative estimate of drug-likeness (QED) is 0.824. The molecule has 0 aliphatic carbocycles. The number of nitrogens with zero attached hydrogens (tertiary/aromatic N) is 1. The Morgan fingerprint density at radius 2 is 2.05 bits per heavy atom. The van der Waals surface area contributed by atoms with Gasteiger partial charge in [-0.25, -0.2) is 8.42 Å². The topological polar surface area (TPSA) is 72.6 Å². The molecule has 0 heterocycles. The summed E-state index contributed by atoms with van der Waals surface area (Å²) in [6.45, 7) is 3.82. The van der Waals surface area contributed by atoms with Crippen molar-refractivity contribution in [3.63, 3.8) is 0 Å². The monoisotopic (exact) mass is 350 g/mol. The highest BCUT2D eigenvalue weighted by Crippen LogP contribution is 2.28. The number of hydrogen-bond acceptors (Lipinski definition) is 4. The van der Waals surface area contributed by atoms with Crippen molar-refractivity contribution in [2.45, 2.75) is 24.8 Å². The van der Waals surface area contributed by atoms with Crippen molar-refractivity contribution in [3.8, 4) is 0 Å². The summed E-state index contributed by atoms with van der Waals surface area (Å²) >= 11 is 3.27. The maximum atomic E-state index is 12.6. The second-order valence-electron chi connectivity index (χ2n) is 4.44. The van der Waals surface area contributed by atoms with Crippen LogP contribution in [0, 0.1) is 6.92 Å². The third-order valence-corrected chi connectivity index (χ3v) is 5.61. The number of ether oxygens (including phenoxy) is 1. The Bertz CT molecular complexity index is 560. The molecule has 0 spiro atoms. The molecular weight excluding hydrogens is 332 g/mol. The van der Waals surface area contributed by atoms with Crippen molar-refractivity contribution in [3.05, 3.63) is 22.2 Å².